The van der Waals surface area contributed by atoms with Gasteiger partial charge in [0.05, 0.1) is 0 Å². The topological polar surface area (TPSA) is 134 Å². The van der Waals surface area contributed by atoms with Gasteiger partial charge in [-0.15, -0.1) is 0 Å². The summed E-state index contributed by atoms with van der Waals surface area (Å²) in [6.07, 6.45) is 1.50. The molecule has 1 aromatic carbocycles. The monoisotopic (exact) mass is 412 g/mol. The average molecular weight is 412 g/mol. The summed E-state index contributed by atoms with van der Waals surface area (Å²) >= 11 is 0.951. The number of fused-ring (bicyclic) bond motifs is 1. The maximum Gasteiger partial charge on any atom is 0.278 e. The number of amides is 2. The van der Waals surface area contributed by atoms with Crippen LogP contribution in [0.3, 0.4) is 0 Å². The molecule has 9 nitrogen and oxygen atoms in total. The van der Waals surface area contributed by atoms with Crippen molar-refractivity contribution in [2.75, 3.05) is 23.3 Å². The number of primary amides is 1. The van der Waals surface area contributed by atoms with Crippen LogP contribution in [0.2, 0.25) is 0 Å². The summed E-state index contributed by atoms with van der Waals surface area (Å²) in [6, 6.07) is 7.50. The summed E-state index contributed by atoms with van der Waals surface area (Å²) in [5.74, 6) is -0.209. The Hall–Kier alpha value is -3.27. The van der Waals surface area contributed by atoms with Crippen molar-refractivity contribution in [1.29, 1.82) is 0 Å². The third kappa shape index (κ3) is 3.83. The zero-order chi connectivity index (χ0) is 20.5. The molecule has 3 heterocycles. The van der Waals surface area contributed by atoms with Crippen LogP contribution in [0.5, 0.6) is 0 Å². The van der Waals surface area contributed by atoms with Crippen LogP contribution < -0.4 is 21.5 Å². The Labute approximate surface area is 170 Å². The molecule has 0 atom stereocenters. The van der Waals surface area contributed by atoms with E-state index in [0.29, 0.717) is 21.9 Å². The third-order valence-corrected chi connectivity index (χ3v) is 5.89. The molecule has 4 rings (SSSR count). The quantitative estimate of drug-likeness (QED) is 0.596. The summed E-state index contributed by atoms with van der Waals surface area (Å²) in [6.45, 7) is 3.20. The van der Waals surface area contributed by atoms with Crippen LogP contribution >= 0.6 is 11.5 Å². The average Bonchev–Trinajstić information content (AvgIpc) is 3.13. The van der Waals surface area contributed by atoms with E-state index in [1.807, 2.05) is 24.3 Å². The van der Waals surface area contributed by atoms with Gasteiger partial charge in [-0.05, 0) is 55.6 Å². The van der Waals surface area contributed by atoms with E-state index in [1.165, 1.54) is 0 Å². The number of nitrogens with two attached hydrogens (primary N) is 1. The smallest absolute Gasteiger partial charge is 0.278 e. The zero-order valence-corrected chi connectivity index (χ0v) is 16.6. The first-order valence-electron chi connectivity index (χ1n) is 9.24. The molecule has 4 N–H and O–H groups in total. The van der Waals surface area contributed by atoms with Gasteiger partial charge in [0.25, 0.3) is 11.5 Å². The Morgan fingerprint density at radius 1 is 1.21 bits per heavy atom. The molecule has 1 aliphatic heterocycles. The SMILES string of the molecule is Cc1nc2c(C(=O)Nc3ccc(N4CCC(C(N)=O)CC4)cc3)snc2c(=O)[nH]1. The highest BCUT2D eigenvalue weighted by Gasteiger charge is 2.23. The van der Waals surface area contributed by atoms with Gasteiger partial charge in [0.2, 0.25) is 5.91 Å². The molecule has 1 fully saturated rings. The minimum atomic E-state index is -0.356. The van der Waals surface area contributed by atoms with Crippen LogP contribution in [0, 0.1) is 12.8 Å². The van der Waals surface area contributed by atoms with Gasteiger partial charge in [-0.1, -0.05) is 0 Å². The highest BCUT2D eigenvalue weighted by molar-refractivity contribution is 7.09. The van der Waals surface area contributed by atoms with Crippen molar-refractivity contribution in [1.82, 2.24) is 14.3 Å². The number of piperidine rings is 1. The zero-order valence-electron chi connectivity index (χ0n) is 15.8. The van der Waals surface area contributed by atoms with E-state index in [-0.39, 0.29) is 28.8 Å². The van der Waals surface area contributed by atoms with Gasteiger partial charge < -0.3 is 20.9 Å². The second-order valence-corrected chi connectivity index (χ2v) is 7.80. The maximum absolute atomic E-state index is 12.7. The molecule has 2 amide bonds. The molecule has 0 unspecified atom stereocenters. The van der Waals surface area contributed by atoms with E-state index in [0.717, 1.165) is 43.2 Å². The van der Waals surface area contributed by atoms with Crippen molar-refractivity contribution in [2.45, 2.75) is 19.8 Å². The molecule has 0 aliphatic carbocycles. The Balaban J connectivity index is 1.46. The first-order chi connectivity index (χ1) is 13.9. The molecule has 10 heteroatoms. The van der Waals surface area contributed by atoms with Crippen molar-refractivity contribution in [3.05, 3.63) is 45.3 Å². The molecule has 2 aromatic heterocycles. The van der Waals surface area contributed by atoms with Crippen molar-refractivity contribution in [2.24, 2.45) is 11.7 Å². The number of nitrogens with one attached hydrogen (secondary N) is 2. The van der Waals surface area contributed by atoms with Gasteiger partial charge in [0.15, 0.2) is 5.52 Å². The Morgan fingerprint density at radius 3 is 2.55 bits per heavy atom. The molecule has 0 bridgehead atoms. The molecule has 150 valence electrons. The second-order valence-electron chi connectivity index (χ2n) is 7.02. The van der Waals surface area contributed by atoms with Crippen molar-refractivity contribution < 1.29 is 9.59 Å². The Bertz CT molecular complexity index is 1130. The van der Waals surface area contributed by atoms with Crippen LogP contribution in [0.4, 0.5) is 11.4 Å². The summed E-state index contributed by atoms with van der Waals surface area (Å²) in [4.78, 5) is 45.2. The number of H-pyrrole nitrogens is 1. The van der Waals surface area contributed by atoms with Crippen LogP contribution in [0.15, 0.2) is 29.1 Å². The largest absolute Gasteiger partial charge is 0.371 e. The predicted octanol–water partition coefficient (Wildman–Crippen LogP) is 1.64. The summed E-state index contributed by atoms with van der Waals surface area (Å²) < 4.78 is 4.05. The lowest BCUT2D eigenvalue weighted by atomic mass is 9.96. The number of anilines is 2. The molecular formula is C19H20N6O3S. The van der Waals surface area contributed by atoms with Gasteiger partial charge in [-0.2, -0.15) is 4.37 Å². The summed E-state index contributed by atoms with van der Waals surface area (Å²) in [5, 5.41) is 2.83. The van der Waals surface area contributed by atoms with Crippen molar-refractivity contribution in [3.63, 3.8) is 0 Å². The number of aryl methyl sites for hydroxylation is 1. The molecule has 1 saturated heterocycles. The van der Waals surface area contributed by atoms with E-state index < -0.39 is 0 Å². The molecule has 0 saturated carbocycles. The van der Waals surface area contributed by atoms with Gasteiger partial charge in [0.1, 0.15) is 16.2 Å². The van der Waals surface area contributed by atoms with E-state index in [4.69, 9.17) is 5.73 Å². The lowest BCUT2D eigenvalue weighted by Gasteiger charge is -2.32. The van der Waals surface area contributed by atoms with Crippen LogP contribution in [-0.2, 0) is 4.79 Å². The van der Waals surface area contributed by atoms with E-state index in [2.05, 4.69) is 24.6 Å². The fourth-order valence-electron chi connectivity index (χ4n) is 3.47. The number of aromatic nitrogens is 3. The minimum absolute atomic E-state index is 0.0523. The highest BCUT2D eigenvalue weighted by atomic mass is 32.1. The molecular weight excluding hydrogens is 392 g/mol. The Kier molecular flexibility index (Phi) is 5.01. The first kappa shape index (κ1) is 19.1. The highest BCUT2D eigenvalue weighted by Crippen LogP contribution is 2.25. The fourth-order valence-corrected chi connectivity index (χ4v) is 4.19. The molecule has 0 spiro atoms. The lowest BCUT2D eigenvalue weighted by molar-refractivity contribution is -0.122. The summed E-state index contributed by atoms with van der Waals surface area (Å²) in [7, 11) is 0. The first-order valence-corrected chi connectivity index (χ1v) is 10.0. The third-order valence-electron chi connectivity index (χ3n) is 5.05. The number of rotatable bonds is 4. The summed E-state index contributed by atoms with van der Waals surface area (Å²) in [5.41, 5.74) is 7.16. The predicted molar refractivity (Wildman–Crippen MR) is 111 cm³/mol. The van der Waals surface area contributed by atoms with Gasteiger partial charge in [-0.3, -0.25) is 14.4 Å². The van der Waals surface area contributed by atoms with Crippen LogP contribution in [0.1, 0.15) is 28.3 Å². The van der Waals surface area contributed by atoms with E-state index in [9.17, 15) is 14.4 Å². The molecule has 3 aromatic rings. The van der Waals surface area contributed by atoms with Crippen LogP contribution in [-0.4, -0.2) is 39.2 Å². The number of aromatic amines is 1. The second kappa shape index (κ2) is 7.63. The normalized spacial score (nSPS) is 14.9. The van der Waals surface area contributed by atoms with Crippen molar-refractivity contribution in [3.8, 4) is 0 Å². The van der Waals surface area contributed by atoms with Gasteiger partial charge >= 0.3 is 0 Å². The molecule has 1 aliphatic rings. The number of hydrogen-bond acceptors (Lipinski definition) is 7. The van der Waals surface area contributed by atoms with Gasteiger partial charge in [0, 0.05) is 30.4 Å². The fraction of sp³-hybridized carbons (Fsp3) is 0.316. The number of hydrogen-bond donors (Lipinski definition) is 3. The van der Waals surface area contributed by atoms with Gasteiger partial charge in [-0.25, -0.2) is 4.98 Å². The van der Waals surface area contributed by atoms with E-state index >= 15 is 0 Å². The number of carbonyl (C=O) groups excluding carboxylic acids is 2. The lowest BCUT2D eigenvalue weighted by Crippen LogP contribution is -2.38. The minimum Gasteiger partial charge on any atom is -0.371 e. The maximum atomic E-state index is 12.7. The number of benzene rings is 1. The number of carbonyl (C=O) groups is 2. The molecule has 29 heavy (non-hydrogen) atoms. The Morgan fingerprint density at radius 2 is 1.90 bits per heavy atom. The van der Waals surface area contributed by atoms with Crippen molar-refractivity contribution >= 4 is 45.8 Å². The number of nitrogens with zero attached hydrogens (tertiary/aromatic N) is 3. The molecule has 0 radical (unpaired) electrons. The standard InChI is InChI=1S/C19H20N6O3S/c1-10-21-14-15(18(27)22-10)24-29-16(14)19(28)23-12-2-4-13(5-3-12)25-8-6-11(7-9-25)17(20)26/h2-5,11H,6-9H2,1H3,(H2,20,26)(H,23,28)(H,21,22,27). The van der Waals surface area contributed by atoms with Crippen LogP contribution in [0.25, 0.3) is 11.0 Å². The van der Waals surface area contributed by atoms with E-state index in [1.54, 1.807) is 6.92 Å².